The fraction of sp³-hybridized carbons (Fsp3) is 0.417. The highest BCUT2D eigenvalue weighted by molar-refractivity contribution is 5.66. The first-order valence-corrected chi connectivity index (χ1v) is 6.07. The second-order valence-electron chi connectivity index (χ2n) is 4.31. The monoisotopic (exact) mass is 265 g/mol. The standard InChI is InChI=1S/C12H15N3O4/c16-12(13-14-7-1-2-8-14)19-9-10-3-5-11(6-4-10)15(17)18/h3-6H,1-2,7-9H2,(H,13,16). The zero-order valence-electron chi connectivity index (χ0n) is 10.4. The zero-order valence-corrected chi connectivity index (χ0v) is 10.4. The summed E-state index contributed by atoms with van der Waals surface area (Å²) < 4.78 is 5.03. The van der Waals surface area contributed by atoms with Crippen LogP contribution in [0.2, 0.25) is 0 Å². The topological polar surface area (TPSA) is 84.7 Å². The van der Waals surface area contributed by atoms with E-state index in [9.17, 15) is 14.9 Å². The number of hydrazine groups is 1. The molecule has 0 spiro atoms. The largest absolute Gasteiger partial charge is 0.444 e. The smallest absolute Gasteiger partial charge is 0.422 e. The van der Waals surface area contributed by atoms with Gasteiger partial charge in [0.05, 0.1) is 4.92 Å². The Morgan fingerprint density at radius 2 is 1.95 bits per heavy atom. The Kier molecular flexibility index (Phi) is 4.30. The van der Waals surface area contributed by atoms with Gasteiger partial charge in [-0.3, -0.25) is 15.5 Å². The molecular weight excluding hydrogens is 250 g/mol. The summed E-state index contributed by atoms with van der Waals surface area (Å²) in [5.41, 5.74) is 3.37. The van der Waals surface area contributed by atoms with Gasteiger partial charge in [-0.2, -0.15) is 0 Å². The third kappa shape index (κ3) is 3.92. The fourth-order valence-corrected chi connectivity index (χ4v) is 1.85. The molecule has 102 valence electrons. The van der Waals surface area contributed by atoms with E-state index in [0.717, 1.165) is 25.9 Å². The normalized spacial score (nSPS) is 15.2. The second kappa shape index (κ2) is 6.14. The summed E-state index contributed by atoms with van der Waals surface area (Å²) in [5, 5.41) is 12.3. The molecule has 1 saturated heterocycles. The number of nitrogens with one attached hydrogen (secondary N) is 1. The number of nitrogens with zero attached hydrogens (tertiary/aromatic N) is 2. The lowest BCUT2D eigenvalue weighted by atomic mass is 10.2. The molecule has 0 aromatic heterocycles. The Bertz CT molecular complexity index is 455. The van der Waals surface area contributed by atoms with Crippen LogP contribution in [-0.2, 0) is 11.3 Å². The molecule has 1 N–H and O–H groups in total. The minimum absolute atomic E-state index is 0.0188. The van der Waals surface area contributed by atoms with Crippen LogP contribution in [0.25, 0.3) is 0 Å². The number of carbonyl (C=O) groups is 1. The van der Waals surface area contributed by atoms with Gasteiger partial charge in [0.2, 0.25) is 0 Å². The van der Waals surface area contributed by atoms with Crippen molar-refractivity contribution in [1.82, 2.24) is 10.4 Å². The van der Waals surface area contributed by atoms with Crippen molar-refractivity contribution in [2.24, 2.45) is 0 Å². The molecule has 7 heteroatoms. The minimum atomic E-state index is -0.500. The first-order chi connectivity index (χ1) is 9.15. The van der Waals surface area contributed by atoms with Crippen LogP contribution >= 0.6 is 0 Å². The van der Waals surface area contributed by atoms with Gasteiger partial charge in [0.1, 0.15) is 6.61 Å². The van der Waals surface area contributed by atoms with E-state index < -0.39 is 11.0 Å². The summed E-state index contributed by atoms with van der Waals surface area (Å²) in [6.07, 6.45) is 1.64. The molecule has 1 aromatic carbocycles. The number of carbonyl (C=O) groups excluding carboxylic acids is 1. The maximum absolute atomic E-state index is 11.5. The third-order valence-corrected chi connectivity index (χ3v) is 2.87. The van der Waals surface area contributed by atoms with Gasteiger partial charge in [-0.05, 0) is 30.5 Å². The van der Waals surface area contributed by atoms with E-state index in [1.807, 2.05) is 5.01 Å². The van der Waals surface area contributed by atoms with Gasteiger partial charge in [0, 0.05) is 25.2 Å². The molecule has 0 atom stereocenters. The summed E-state index contributed by atoms with van der Waals surface area (Å²) in [6.45, 7) is 1.77. The predicted octanol–water partition coefficient (Wildman–Crippen LogP) is 1.83. The quantitative estimate of drug-likeness (QED) is 0.663. The molecule has 0 unspecified atom stereocenters. The van der Waals surface area contributed by atoms with Crippen LogP contribution in [0.5, 0.6) is 0 Å². The number of benzene rings is 1. The molecule has 1 heterocycles. The molecule has 2 rings (SSSR count). The van der Waals surface area contributed by atoms with E-state index in [2.05, 4.69) is 5.43 Å². The molecule has 7 nitrogen and oxygen atoms in total. The Morgan fingerprint density at radius 1 is 1.32 bits per heavy atom. The molecule has 0 saturated carbocycles. The minimum Gasteiger partial charge on any atom is -0.444 e. The van der Waals surface area contributed by atoms with Crippen molar-refractivity contribution < 1.29 is 14.5 Å². The van der Waals surface area contributed by atoms with Crippen molar-refractivity contribution in [3.8, 4) is 0 Å². The summed E-state index contributed by atoms with van der Waals surface area (Å²) in [6, 6.07) is 5.91. The average molecular weight is 265 g/mol. The Balaban J connectivity index is 1.77. The number of amides is 1. The molecule has 1 amide bonds. The van der Waals surface area contributed by atoms with Crippen LogP contribution in [-0.4, -0.2) is 29.1 Å². The van der Waals surface area contributed by atoms with Gasteiger partial charge in [-0.1, -0.05) is 0 Å². The number of hydrogen-bond acceptors (Lipinski definition) is 5. The van der Waals surface area contributed by atoms with Crippen molar-refractivity contribution in [1.29, 1.82) is 0 Å². The van der Waals surface area contributed by atoms with E-state index in [1.165, 1.54) is 12.1 Å². The number of ether oxygens (including phenoxy) is 1. The van der Waals surface area contributed by atoms with Crippen molar-refractivity contribution in [2.45, 2.75) is 19.4 Å². The fourth-order valence-electron chi connectivity index (χ4n) is 1.85. The molecule has 19 heavy (non-hydrogen) atoms. The molecule has 1 aromatic rings. The molecule has 0 radical (unpaired) electrons. The van der Waals surface area contributed by atoms with Crippen molar-refractivity contribution >= 4 is 11.8 Å². The van der Waals surface area contributed by atoms with Crippen LogP contribution in [0.15, 0.2) is 24.3 Å². The van der Waals surface area contributed by atoms with Gasteiger partial charge in [0.25, 0.3) is 5.69 Å². The predicted molar refractivity (Wildman–Crippen MR) is 67.2 cm³/mol. The zero-order chi connectivity index (χ0) is 13.7. The number of rotatable bonds is 4. The summed E-state index contributed by atoms with van der Waals surface area (Å²) in [5.74, 6) is 0. The first-order valence-electron chi connectivity index (χ1n) is 6.07. The molecule has 1 aliphatic rings. The number of hydrogen-bond donors (Lipinski definition) is 1. The Labute approximate surface area is 110 Å². The van der Waals surface area contributed by atoms with Crippen LogP contribution in [0.1, 0.15) is 18.4 Å². The highest BCUT2D eigenvalue weighted by Crippen LogP contribution is 2.12. The van der Waals surface area contributed by atoms with Gasteiger partial charge >= 0.3 is 6.09 Å². The van der Waals surface area contributed by atoms with Crippen LogP contribution in [0.3, 0.4) is 0 Å². The Morgan fingerprint density at radius 3 is 2.53 bits per heavy atom. The van der Waals surface area contributed by atoms with Crippen LogP contribution < -0.4 is 5.43 Å². The van der Waals surface area contributed by atoms with Crippen LogP contribution in [0, 0.1) is 10.1 Å². The summed E-state index contributed by atoms with van der Waals surface area (Å²) >= 11 is 0. The number of nitro benzene ring substituents is 1. The highest BCUT2D eigenvalue weighted by atomic mass is 16.6. The lowest BCUT2D eigenvalue weighted by Gasteiger charge is -2.15. The van der Waals surface area contributed by atoms with Crippen molar-refractivity contribution in [3.63, 3.8) is 0 Å². The van der Waals surface area contributed by atoms with E-state index >= 15 is 0 Å². The molecule has 1 fully saturated rings. The van der Waals surface area contributed by atoms with E-state index in [0.29, 0.717) is 5.56 Å². The van der Waals surface area contributed by atoms with Gasteiger partial charge in [-0.15, -0.1) is 0 Å². The molecular formula is C12H15N3O4. The third-order valence-electron chi connectivity index (χ3n) is 2.87. The number of non-ortho nitro benzene ring substituents is 1. The van der Waals surface area contributed by atoms with E-state index in [4.69, 9.17) is 4.74 Å². The molecule has 0 aliphatic carbocycles. The average Bonchev–Trinajstić information content (AvgIpc) is 2.89. The SMILES string of the molecule is O=C(NN1CCCC1)OCc1ccc([N+](=O)[O-])cc1. The molecule has 0 bridgehead atoms. The van der Waals surface area contributed by atoms with Gasteiger partial charge in [-0.25, -0.2) is 9.80 Å². The van der Waals surface area contributed by atoms with Gasteiger partial charge in [0.15, 0.2) is 0 Å². The lowest BCUT2D eigenvalue weighted by Crippen LogP contribution is -2.40. The van der Waals surface area contributed by atoms with Gasteiger partial charge < -0.3 is 4.74 Å². The lowest BCUT2D eigenvalue weighted by molar-refractivity contribution is -0.384. The summed E-state index contributed by atoms with van der Waals surface area (Å²) in [4.78, 5) is 21.5. The van der Waals surface area contributed by atoms with Crippen molar-refractivity contribution in [2.75, 3.05) is 13.1 Å². The van der Waals surface area contributed by atoms with Crippen molar-refractivity contribution in [3.05, 3.63) is 39.9 Å². The maximum Gasteiger partial charge on any atom is 0.422 e. The second-order valence-corrected chi connectivity index (χ2v) is 4.31. The maximum atomic E-state index is 11.5. The molecule has 1 aliphatic heterocycles. The first kappa shape index (κ1) is 13.3. The summed E-state index contributed by atoms with van der Waals surface area (Å²) in [7, 11) is 0. The van der Waals surface area contributed by atoms with E-state index in [-0.39, 0.29) is 12.3 Å². The highest BCUT2D eigenvalue weighted by Gasteiger charge is 2.14. The number of nitro groups is 1. The van der Waals surface area contributed by atoms with E-state index in [1.54, 1.807) is 12.1 Å². The Hall–Kier alpha value is -2.15. The van der Waals surface area contributed by atoms with Crippen LogP contribution in [0.4, 0.5) is 10.5 Å².